The van der Waals surface area contributed by atoms with Gasteiger partial charge in [-0.2, -0.15) is 0 Å². The number of amides is 1. The zero-order chi connectivity index (χ0) is 21.2. The number of esters is 2. The van der Waals surface area contributed by atoms with E-state index in [0.29, 0.717) is 5.75 Å². The number of thioether (sulfide) groups is 1. The maximum absolute atomic E-state index is 12.3. The van der Waals surface area contributed by atoms with Gasteiger partial charge in [0.1, 0.15) is 17.4 Å². The first kappa shape index (κ1) is 22.3. The molecular weight excluding hydrogens is 394 g/mol. The highest BCUT2D eigenvalue weighted by Gasteiger charge is 2.23. The van der Waals surface area contributed by atoms with E-state index in [9.17, 15) is 14.4 Å². The quantitative estimate of drug-likeness (QED) is 0.495. The summed E-state index contributed by atoms with van der Waals surface area (Å²) in [5.74, 6) is -1.52. The van der Waals surface area contributed by atoms with Gasteiger partial charge in [0.15, 0.2) is 6.61 Å². The number of benzene rings is 2. The van der Waals surface area contributed by atoms with Crippen molar-refractivity contribution in [3.63, 3.8) is 0 Å². The minimum atomic E-state index is -0.885. The lowest BCUT2D eigenvalue weighted by Crippen LogP contribution is -2.44. The van der Waals surface area contributed by atoms with Crippen molar-refractivity contribution < 1.29 is 28.6 Å². The first-order valence-corrected chi connectivity index (χ1v) is 10.0. The van der Waals surface area contributed by atoms with Crippen molar-refractivity contribution >= 4 is 29.6 Å². The van der Waals surface area contributed by atoms with E-state index in [2.05, 4.69) is 5.32 Å². The fraction of sp³-hybridized carbons (Fsp3) is 0.286. The first-order chi connectivity index (χ1) is 14.0. The molecule has 0 aliphatic carbocycles. The molecule has 1 N–H and O–H groups in total. The van der Waals surface area contributed by atoms with Gasteiger partial charge in [-0.25, -0.2) is 9.59 Å². The van der Waals surface area contributed by atoms with Gasteiger partial charge in [0, 0.05) is 11.3 Å². The van der Waals surface area contributed by atoms with Crippen molar-refractivity contribution in [3.05, 3.63) is 59.7 Å². The van der Waals surface area contributed by atoms with Crippen LogP contribution in [-0.4, -0.2) is 51.0 Å². The lowest BCUT2D eigenvalue weighted by Gasteiger charge is -2.17. The molecule has 0 heterocycles. The molecule has 7 nitrogen and oxygen atoms in total. The number of carbonyl (C=O) groups is 3. The summed E-state index contributed by atoms with van der Waals surface area (Å²) < 4.78 is 15.0. The number of ether oxygens (including phenoxy) is 3. The van der Waals surface area contributed by atoms with Crippen LogP contribution >= 0.6 is 11.8 Å². The SMILES string of the molecule is COC(=O)[C@@H](Cc1ccccc1)NC(=O)COC(=O)c1ccc(SC)cc1OC. The number of methoxy groups -OCH3 is 2. The Morgan fingerprint density at radius 2 is 1.79 bits per heavy atom. The normalized spacial score (nSPS) is 11.3. The molecule has 0 bridgehead atoms. The molecule has 0 fully saturated rings. The molecule has 2 aromatic rings. The Balaban J connectivity index is 1.98. The highest BCUT2D eigenvalue weighted by molar-refractivity contribution is 7.98. The van der Waals surface area contributed by atoms with Gasteiger partial charge in [-0.3, -0.25) is 4.79 Å². The zero-order valence-corrected chi connectivity index (χ0v) is 17.3. The van der Waals surface area contributed by atoms with Gasteiger partial charge >= 0.3 is 11.9 Å². The van der Waals surface area contributed by atoms with Gasteiger partial charge in [0.2, 0.25) is 0 Å². The minimum absolute atomic E-state index is 0.215. The lowest BCUT2D eigenvalue weighted by molar-refractivity contribution is -0.145. The van der Waals surface area contributed by atoms with E-state index in [1.807, 2.05) is 36.6 Å². The van der Waals surface area contributed by atoms with Crippen LogP contribution in [0.15, 0.2) is 53.4 Å². The number of carbonyl (C=O) groups excluding carboxylic acids is 3. The molecule has 8 heteroatoms. The van der Waals surface area contributed by atoms with Crippen LogP contribution in [0.25, 0.3) is 0 Å². The summed E-state index contributed by atoms with van der Waals surface area (Å²) in [5.41, 5.74) is 1.07. The second-order valence-corrected chi connectivity index (χ2v) is 6.85. The van der Waals surface area contributed by atoms with Gasteiger partial charge in [0.05, 0.1) is 14.2 Å². The molecule has 154 valence electrons. The van der Waals surface area contributed by atoms with Crippen LogP contribution in [0.4, 0.5) is 0 Å². The van der Waals surface area contributed by atoms with E-state index in [-0.39, 0.29) is 12.0 Å². The predicted molar refractivity (Wildman–Crippen MR) is 109 cm³/mol. The number of rotatable bonds is 9. The van der Waals surface area contributed by atoms with Crippen LogP contribution in [0.1, 0.15) is 15.9 Å². The second kappa shape index (κ2) is 11.1. The molecule has 0 saturated heterocycles. The predicted octanol–water partition coefficient (Wildman–Crippen LogP) is 2.47. The Labute approximate surface area is 173 Å². The molecule has 0 spiro atoms. The first-order valence-electron chi connectivity index (χ1n) is 8.78. The lowest BCUT2D eigenvalue weighted by atomic mass is 10.1. The number of hydrogen-bond acceptors (Lipinski definition) is 7. The fourth-order valence-corrected chi connectivity index (χ4v) is 3.03. The van der Waals surface area contributed by atoms with Gasteiger partial charge in [0.25, 0.3) is 5.91 Å². The summed E-state index contributed by atoms with van der Waals surface area (Å²) in [7, 11) is 2.70. The van der Waals surface area contributed by atoms with E-state index in [1.54, 1.807) is 18.2 Å². The fourth-order valence-electron chi connectivity index (χ4n) is 2.60. The second-order valence-electron chi connectivity index (χ2n) is 5.98. The Kier molecular flexibility index (Phi) is 8.54. The summed E-state index contributed by atoms with van der Waals surface area (Å²) in [6.07, 6.45) is 2.17. The highest BCUT2D eigenvalue weighted by Crippen LogP contribution is 2.25. The monoisotopic (exact) mass is 417 g/mol. The van der Waals surface area contributed by atoms with E-state index < -0.39 is 30.5 Å². The molecule has 0 aliphatic heterocycles. The molecule has 2 rings (SSSR count). The Hall–Kier alpha value is -3.00. The third kappa shape index (κ3) is 6.53. The van der Waals surface area contributed by atoms with Crippen molar-refractivity contribution in [1.82, 2.24) is 5.32 Å². The van der Waals surface area contributed by atoms with Crippen molar-refractivity contribution in [3.8, 4) is 5.75 Å². The van der Waals surface area contributed by atoms with Gasteiger partial charge < -0.3 is 19.5 Å². The average Bonchev–Trinajstić information content (AvgIpc) is 2.76. The number of hydrogen-bond donors (Lipinski definition) is 1. The van der Waals surface area contributed by atoms with E-state index in [0.717, 1.165) is 10.5 Å². The van der Waals surface area contributed by atoms with Gasteiger partial charge in [-0.15, -0.1) is 11.8 Å². The molecule has 0 aromatic heterocycles. The summed E-state index contributed by atoms with van der Waals surface area (Å²) >= 11 is 1.51. The van der Waals surface area contributed by atoms with E-state index in [1.165, 1.54) is 26.0 Å². The molecule has 0 saturated carbocycles. The van der Waals surface area contributed by atoms with E-state index in [4.69, 9.17) is 14.2 Å². The maximum atomic E-state index is 12.3. The van der Waals surface area contributed by atoms with Crippen LogP contribution in [0, 0.1) is 0 Å². The van der Waals surface area contributed by atoms with Crippen molar-refractivity contribution in [2.24, 2.45) is 0 Å². The van der Waals surface area contributed by atoms with Crippen LogP contribution in [0.5, 0.6) is 5.75 Å². The molecule has 29 heavy (non-hydrogen) atoms. The number of nitrogens with one attached hydrogen (secondary N) is 1. The topological polar surface area (TPSA) is 90.9 Å². The molecule has 2 aromatic carbocycles. The molecule has 1 amide bonds. The average molecular weight is 417 g/mol. The maximum Gasteiger partial charge on any atom is 0.342 e. The Bertz CT molecular complexity index is 856. The van der Waals surface area contributed by atoms with Crippen LogP contribution in [0.2, 0.25) is 0 Å². The standard InChI is InChI=1S/C21H23NO6S/c1-26-18-12-15(29-3)9-10-16(18)20(24)28-13-19(23)22-17(21(25)27-2)11-14-7-5-4-6-8-14/h4-10,12,17H,11,13H2,1-3H3,(H,22,23)/t17-/m1/s1. The zero-order valence-electron chi connectivity index (χ0n) is 16.5. The molecule has 0 aliphatic rings. The summed E-state index contributed by atoms with van der Waals surface area (Å²) in [6.45, 7) is -0.533. The third-order valence-electron chi connectivity index (χ3n) is 4.07. The van der Waals surface area contributed by atoms with Crippen LogP contribution in [-0.2, 0) is 25.5 Å². The molecule has 1 atom stereocenters. The van der Waals surface area contributed by atoms with Crippen molar-refractivity contribution in [2.75, 3.05) is 27.1 Å². The van der Waals surface area contributed by atoms with E-state index >= 15 is 0 Å². The highest BCUT2D eigenvalue weighted by atomic mass is 32.2. The van der Waals surface area contributed by atoms with Crippen LogP contribution in [0.3, 0.4) is 0 Å². The summed E-state index contributed by atoms with van der Waals surface area (Å²) in [4.78, 5) is 37.5. The Morgan fingerprint density at radius 1 is 1.07 bits per heavy atom. The molecule has 0 unspecified atom stereocenters. The largest absolute Gasteiger partial charge is 0.496 e. The smallest absolute Gasteiger partial charge is 0.342 e. The van der Waals surface area contributed by atoms with Crippen molar-refractivity contribution in [1.29, 1.82) is 0 Å². The summed E-state index contributed by atoms with van der Waals surface area (Å²) in [5, 5.41) is 2.54. The van der Waals surface area contributed by atoms with Crippen LogP contribution < -0.4 is 10.1 Å². The third-order valence-corrected chi connectivity index (χ3v) is 4.79. The summed E-state index contributed by atoms with van der Waals surface area (Å²) in [6, 6.07) is 13.4. The minimum Gasteiger partial charge on any atom is -0.496 e. The molecule has 0 radical (unpaired) electrons. The van der Waals surface area contributed by atoms with Gasteiger partial charge in [-0.1, -0.05) is 30.3 Å². The Morgan fingerprint density at radius 3 is 2.41 bits per heavy atom. The van der Waals surface area contributed by atoms with Crippen molar-refractivity contribution in [2.45, 2.75) is 17.4 Å². The van der Waals surface area contributed by atoms with Gasteiger partial charge in [-0.05, 0) is 30.0 Å². The molecular formula is C21H23NO6S.